The average molecular weight is 320 g/mol. The van der Waals surface area contributed by atoms with E-state index in [1.807, 2.05) is 0 Å². The average Bonchev–Trinajstić information content (AvgIpc) is 2.38. The number of rotatable bonds is 8. The highest BCUT2D eigenvalue weighted by Gasteiger charge is 2.17. The number of carbonyl (C=O) groups excluding carboxylic acids is 2. The van der Waals surface area contributed by atoms with E-state index in [0.29, 0.717) is 19.1 Å². The van der Waals surface area contributed by atoms with E-state index in [2.05, 4.69) is 0 Å². The highest BCUT2D eigenvalue weighted by atomic mass is 35.5. The summed E-state index contributed by atoms with van der Waals surface area (Å²) in [5, 5.41) is 10.5. The molecule has 0 heterocycles. The summed E-state index contributed by atoms with van der Waals surface area (Å²) < 4.78 is 5.30. The third-order valence-corrected chi connectivity index (χ3v) is 2.91. The van der Waals surface area contributed by atoms with E-state index >= 15 is 0 Å². The third kappa shape index (κ3) is 4.79. The van der Waals surface area contributed by atoms with Crippen LogP contribution in [0.2, 0.25) is 5.02 Å². The molecule has 1 aromatic rings. The molecule has 0 aliphatic carbocycles. The van der Waals surface area contributed by atoms with Crippen LogP contribution in [0.25, 0.3) is 0 Å². The predicted octanol–water partition coefficient (Wildman–Crippen LogP) is 3.38. The van der Waals surface area contributed by atoms with Gasteiger partial charge in [-0.15, -0.1) is 0 Å². The number of unbranched alkanes of at least 4 members (excludes halogenated alkanes) is 1. The quantitative estimate of drug-likeness (QED) is 0.241. The van der Waals surface area contributed by atoms with Crippen molar-refractivity contribution in [2.45, 2.75) is 19.3 Å². The van der Waals surface area contributed by atoms with Crippen molar-refractivity contribution in [3.8, 4) is 5.75 Å². The first-order valence-electron chi connectivity index (χ1n) is 5.70. The van der Waals surface area contributed by atoms with Gasteiger partial charge in [0.15, 0.2) is 6.29 Å². The maximum absolute atomic E-state index is 10.8. The highest BCUT2D eigenvalue weighted by molar-refractivity contribution is 6.63. The third-order valence-electron chi connectivity index (χ3n) is 2.43. The number of halogens is 2. The Morgan fingerprint density at radius 1 is 1.40 bits per heavy atom. The number of benzene rings is 1. The van der Waals surface area contributed by atoms with E-state index in [0.717, 1.165) is 6.07 Å². The molecule has 0 amide bonds. The summed E-state index contributed by atoms with van der Waals surface area (Å²) in [6.45, 7) is 0.238. The molecule has 0 N–H and O–H groups in total. The lowest BCUT2D eigenvalue weighted by Crippen LogP contribution is -2.01. The van der Waals surface area contributed by atoms with Crippen molar-refractivity contribution in [3.63, 3.8) is 0 Å². The summed E-state index contributed by atoms with van der Waals surface area (Å²) in [5.41, 5.74) is -0.476. The Bertz CT molecular complexity index is 533. The number of aldehydes is 1. The van der Waals surface area contributed by atoms with Gasteiger partial charge in [0.2, 0.25) is 5.24 Å². The standard InChI is InChI=1S/C12H11Cl2NO5/c13-9-5-8(7-16)10(15(18)19)6-11(9)20-4-2-1-3-12(14)17/h5-7H,1-4H2. The molecular weight excluding hydrogens is 309 g/mol. The van der Waals surface area contributed by atoms with Crippen molar-refractivity contribution in [2.24, 2.45) is 0 Å². The molecule has 1 rings (SSSR count). The Morgan fingerprint density at radius 2 is 2.10 bits per heavy atom. The maximum atomic E-state index is 10.8. The van der Waals surface area contributed by atoms with Gasteiger partial charge in [0.05, 0.1) is 28.2 Å². The summed E-state index contributed by atoms with van der Waals surface area (Å²) in [6.07, 6.45) is 1.70. The van der Waals surface area contributed by atoms with Crippen molar-refractivity contribution in [2.75, 3.05) is 6.61 Å². The number of nitro benzene ring substituents is 1. The van der Waals surface area contributed by atoms with E-state index in [1.54, 1.807) is 0 Å². The van der Waals surface area contributed by atoms with Crippen LogP contribution in [0.15, 0.2) is 12.1 Å². The number of carbonyl (C=O) groups is 2. The summed E-state index contributed by atoms with van der Waals surface area (Å²) in [5.74, 6) is 0.126. The second kappa shape index (κ2) is 7.81. The van der Waals surface area contributed by atoms with Crippen LogP contribution in [0.4, 0.5) is 5.69 Å². The first-order chi connectivity index (χ1) is 9.45. The fourth-order valence-electron chi connectivity index (χ4n) is 1.47. The maximum Gasteiger partial charge on any atom is 0.283 e. The molecular formula is C12H11Cl2NO5. The number of hydrogen-bond donors (Lipinski definition) is 0. The molecule has 0 atom stereocenters. The lowest BCUT2D eigenvalue weighted by molar-refractivity contribution is -0.385. The molecule has 8 heteroatoms. The molecule has 0 saturated carbocycles. The van der Waals surface area contributed by atoms with Crippen molar-refractivity contribution < 1.29 is 19.2 Å². The smallest absolute Gasteiger partial charge is 0.283 e. The van der Waals surface area contributed by atoms with Crippen molar-refractivity contribution >= 4 is 40.4 Å². The first kappa shape index (κ1) is 16.4. The summed E-state index contributed by atoms with van der Waals surface area (Å²) in [7, 11) is 0. The van der Waals surface area contributed by atoms with Crippen LogP contribution in [0, 0.1) is 10.1 Å². The summed E-state index contributed by atoms with van der Waals surface area (Å²) in [4.78, 5) is 31.3. The summed E-state index contributed by atoms with van der Waals surface area (Å²) in [6, 6.07) is 2.29. The van der Waals surface area contributed by atoms with Crippen LogP contribution in [-0.4, -0.2) is 23.1 Å². The lowest BCUT2D eigenvalue weighted by Gasteiger charge is -2.08. The molecule has 20 heavy (non-hydrogen) atoms. The molecule has 0 radical (unpaired) electrons. The largest absolute Gasteiger partial charge is 0.492 e. The molecule has 0 aromatic heterocycles. The van der Waals surface area contributed by atoms with Crippen LogP contribution in [0.1, 0.15) is 29.6 Å². The molecule has 0 saturated heterocycles. The molecule has 0 spiro atoms. The molecule has 108 valence electrons. The molecule has 0 fully saturated rings. The van der Waals surface area contributed by atoms with Crippen molar-refractivity contribution in [1.82, 2.24) is 0 Å². The van der Waals surface area contributed by atoms with Gasteiger partial charge in [0, 0.05) is 6.42 Å². The Kier molecular flexibility index (Phi) is 6.41. The van der Waals surface area contributed by atoms with Gasteiger partial charge >= 0.3 is 0 Å². The topological polar surface area (TPSA) is 86.5 Å². The van der Waals surface area contributed by atoms with Gasteiger partial charge in [0.1, 0.15) is 5.75 Å². The number of nitro groups is 1. The minimum atomic E-state index is -0.681. The normalized spacial score (nSPS) is 10.1. The Labute approximate surface area is 124 Å². The SMILES string of the molecule is O=Cc1cc(Cl)c(OCCCCC(=O)Cl)cc1[N+](=O)[O-]. The zero-order chi connectivity index (χ0) is 15.1. The van der Waals surface area contributed by atoms with Gasteiger partial charge in [0.25, 0.3) is 5.69 Å². The second-order valence-electron chi connectivity index (χ2n) is 3.88. The molecule has 0 aliphatic rings. The number of ether oxygens (including phenoxy) is 1. The zero-order valence-corrected chi connectivity index (χ0v) is 11.8. The van der Waals surface area contributed by atoms with Gasteiger partial charge < -0.3 is 4.74 Å². The van der Waals surface area contributed by atoms with Crippen LogP contribution in [0.5, 0.6) is 5.75 Å². The molecule has 6 nitrogen and oxygen atoms in total. The number of hydrogen-bond acceptors (Lipinski definition) is 5. The van der Waals surface area contributed by atoms with Crippen LogP contribution < -0.4 is 4.74 Å². The summed E-state index contributed by atoms with van der Waals surface area (Å²) >= 11 is 11.0. The van der Waals surface area contributed by atoms with E-state index in [1.165, 1.54) is 6.07 Å². The van der Waals surface area contributed by atoms with Gasteiger partial charge in [-0.25, -0.2) is 0 Å². The number of nitrogens with zero attached hydrogens (tertiary/aromatic N) is 1. The first-order valence-corrected chi connectivity index (χ1v) is 6.45. The van der Waals surface area contributed by atoms with Crippen molar-refractivity contribution in [1.29, 1.82) is 0 Å². The van der Waals surface area contributed by atoms with Gasteiger partial charge in [-0.3, -0.25) is 19.7 Å². The minimum absolute atomic E-state index is 0.111. The van der Waals surface area contributed by atoms with E-state index in [4.69, 9.17) is 27.9 Å². The Morgan fingerprint density at radius 3 is 2.65 bits per heavy atom. The van der Waals surface area contributed by atoms with Gasteiger partial charge in [-0.2, -0.15) is 0 Å². The lowest BCUT2D eigenvalue weighted by atomic mass is 10.2. The molecule has 0 unspecified atom stereocenters. The van der Waals surface area contributed by atoms with E-state index in [-0.39, 0.29) is 35.1 Å². The van der Waals surface area contributed by atoms with E-state index < -0.39 is 10.2 Å². The second-order valence-corrected chi connectivity index (χ2v) is 4.71. The zero-order valence-electron chi connectivity index (χ0n) is 10.3. The minimum Gasteiger partial charge on any atom is -0.492 e. The highest BCUT2D eigenvalue weighted by Crippen LogP contribution is 2.32. The van der Waals surface area contributed by atoms with Gasteiger partial charge in [-0.1, -0.05) is 11.6 Å². The Balaban J connectivity index is 2.70. The predicted molar refractivity (Wildman–Crippen MR) is 73.7 cm³/mol. The van der Waals surface area contributed by atoms with Crippen LogP contribution >= 0.6 is 23.2 Å². The monoisotopic (exact) mass is 319 g/mol. The van der Waals surface area contributed by atoms with E-state index in [9.17, 15) is 19.7 Å². The van der Waals surface area contributed by atoms with Crippen molar-refractivity contribution in [3.05, 3.63) is 32.8 Å². The fraction of sp³-hybridized carbons (Fsp3) is 0.333. The van der Waals surface area contributed by atoms with Crippen LogP contribution in [-0.2, 0) is 4.79 Å². The van der Waals surface area contributed by atoms with Crippen LogP contribution in [0.3, 0.4) is 0 Å². The molecule has 1 aromatic carbocycles. The molecule has 0 aliphatic heterocycles. The Hall–Kier alpha value is -1.66. The fourth-order valence-corrected chi connectivity index (χ4v) is 1.83. The van der Waals surface area contributed by atoms with Gasteiger partial charge in [-0.05, 0) is 30.5 Å². The molecule has 0 bridgehead atoms.